The Hall–Kier alpha value is -4.58. The fourth-order valence-electron chi connectivity index (χ4n) is 13.5. The molecule has 60 heavy (non-hydrogen) atoms. The summed E-state index contributed by atoms with van der Waals surface area (Å²) in [7, 11) is 0. The first-order chi connectivity index (χ1) is 28.8. The molecule has 1 N–H and O–H groups in total. The molecule has 6 aliphatic heterocycles. The summed E-state index contributed by atoms with van der Waals surface area (Å²) in [6.45, 7) is 12.1. The van der Waals surface area contributed by atoms with E-state index in [4.69, 9.17) is 16.3 Å². The quantitative estimate of drug-likeness (QED) is 0.228. The van der Waals surface area contributed by atoms with E-state index >= 15 is 0 Å². The second-order valence-corrected chi connectivity index (χ2v) is 20.8. The van der Waals surface area contributed by atoms with Crippen LogP contribution in [0.5, 0.6) is 5.75 Å². The van der Waals surface area contributed by atoms with Crippen molar-refractivity contribution >= 4 is 40.2 Å². The minimum absolute atomic E-state index is 0.0277. The topological polar surface area (TPSA) is 117 Å². The first-order valence-electron chi connectivity index (χ1n) is 22.1. The largest absolute Gasteiger partial charge is 0.492 e. The summed E-state index contributed by atoms with van der Waals surface area (Å²) < 4.78 is 8.62. The number of hydrogen-bond donors (Lipinski definition) is 1. The van der Waals surface area contributed by atoms with Gasteiger partial charge in [0, 0.05) is 41.6 Å². The Morgan fingerprint density at radius 1 is 0.867 bits per heavy atom. The summed E-state index contributed by atoms with van der Waals surface area (Å²) in [5, 5.41) is 3.34. The lowest BCUT2D eigenvalue weighted by Gasteiger charge is -2.73. The first kappa shape index (κ1) is 37.2. The van der Waals surface area contributed by atoms with E-state index in [1.54, 1.807) is 11.0 Å². The Morgan fingerprint density at radius 2 is 1.58 bits per heavy atom. The molecule has 1 spiro atoms. The van der Waals surface area contributed by atoms with E-state index < -0.39 is 6.04 Å². The number of nitrogens with zero attached hydrogens (tertiary/aromatic N) is 5. The number of aromatic nitrogens is 2. The molecule has 0 unspecified atom stereocenters. The minimum Gasteiger partial charge on any atom is -0.492 e. The van der Waals surface area contributed by atoms with E-state index in [0.29, 0.717) is 52.3 Å². The molecule has 11 nitrogen and oxygen atoms in total. The number of hydrogen-bond acceptors (Lipinski definition) is 8. The van der Waals surface area contributed by atoms with Gasteiger partial charge in [0.2, 0.25) is 11.8 Å². The lowest BCUT2D eigenvalue weighted by Crippen LogP contribution is -2.69. The lowest BCUT2D eigenvalue weighted by atomic mass is 9.35. The molecule has 3 saturated carbocycles. The minimum atomic E-state index is -0.619. The van der Waals surface area contributed by atoms with Gasteiger partial charge in [-0.05, 0) is 144 Å². The van der Waals surface area contributed by atoms with Crippen LogP contribution in [0.25, 0.3) is 16.6 Å². The second-order valence-electron chi connectivity index (χ2n) is 20.4. The van der Waals surface area contributed by atoms with Gasteiger partial charge in [0.05, 0.1) is 40.2 Å². The molecular weight excluding hydrogens is 776 g/mol. The van der Waals surface area contributed by atoms with E-state index in [9.17, 15) is 19.2 Å². The monoisotopic (exact) mass is 826 g/mol. The Labute approximate surface area is 354 Å². The summed E-state index contributed by atoms with van der Waals surface area (Å²) >= 11 is 6.53. The number of nitrogens with one attached hydrogen (secondary N) is 1. The molecule has 12 heteroatoms. The average Bonchev–Trinajstić information content (AvgIpc) is 3.81. The Morgan fingerprint density at radius 3 is 2.32 bits per heavy atom. The number of imide groups is 1. The number of rotatable bonds is 6. The molecular formula is C48H51ClN6O5. The van der Waals surface area contributed by atoms with Crippen LogP contribution in [0.1, 0.15) is 116 Å². The van der Waals surface area contributed by atoms with Gasteiger partial charge in [-0.2, -0.15) is 4.98 Å². The number of carbonyl (C=O) groups is 3. The summed E-state index contributed by atoms with van der Waals surface area (Å²) in [5.74, 6) is 1.35. The summed E-state index contributed by atoms with van der Waals surface area (Å²) in [4.78, 5) is 62.5. The van der Waals surface area contributed by atoms with Crippen LogP contribution in [0.4, 0.5) is 0 Å². The van der Waals surface area contributed by atoms with Crippen LogP contribution in [0, 0.1) is 10.8 Å². The Balaban J connectivity index is 0.652. The fraction of sp³-hybridized carbons (Fsp3) is 0.521. The van der Waals surface area contributed by atoms with Crippen LogP contribution in [-0.4, -0.2) is 93.9 Å². The normalized spacial score (nSPS) is 28.8. The molecule has 3 aliphatic carbocycles. The highest BCUT2D eigenvalue weighted by atomic mass is 35.5. The Kier molecular flexibility index (Phi) is 7.90. The van der Waals surface area contributed by atoms with Gasteiger partial charge in [-0.15, -0.1) is 0 Å². The number of fused-ring (bicyclic) bond motifs is 9. The van der Waals surface area contributed by atoms with Crippen LogP contribution in [-0.2, 0) is 27.0 Å². The van der Waals surface area contributed by atoms with Crippen molar-refractivity contribution in [3.05, 3.63) is 97.5 Å². The highest BCUT2D eigenvalue weighted by molar-refractivity contribution is 6.35. The Bertz CT molecular complexity index is 2620. The van der Waals surface area contributed by atoms with Gasteiger partial charge in [-0.25, -0.2) is 0 Å². The van der Waals surface area contributed by atoms with E-state index in [-0.39, 0.29) is 40.5 Å². The van der Waals surface area contributed by atoms with Gasteiger partial charge in [0.1, 0.15) is 17.6 Å². The third kappa shape index (κ3) is 5.30. The van der Waals surface area contributed by atoms with Crippen molar-refractivity contribution in [3.63, 3.8) is 0 Å². The second kappa shape index (κ2) is 12.7. The average molecular weight is 827 g/mol. The van der Waals surface area contributed by atoms with Gasteiger partial charge >= 0.3 is 0 Å². The SMILES string of the molecule is CC1(C)c2ccc(C3CCN(CC45CC(CN6CCC7(CC6)COc6c7ccc7c6CN([C@H]6CCC(=O)NC6=O)C7=O)(C4)C5)CC3)cc2-n2c1nc(=O)c1c(Cl)cccc12. The molecule has 3 saturated heterocycles. The zero-order valence-corrected chi connectivity index (χ0v) is 35.2. The molecule has 6 fully saturated rings. The number of piperidine rings is 3. The van der Waals surface area contributed by atoms with Crippen molar-refractivity contribution < 1.29 is 19.1 Å². The van der Waals surface area contributed by atoms with Crippen LogP contribution < -0.4 is 15.6 Å². The standard InChI is InChI=1S/C48H51ClN6O5/c1-45(2)32-8-6-29(20-37(32)55-35-5-3-4-34(49)39(35)42(58)51-44(45)55)28-12-16-52(17-13-28)25-46-22-47(23-46,24-46)26-53-18-14-48(15-19-53)27-60-40-31-21-54(36-10-11-38(56)50-41(36)57)43(59)30(31)7-9-33(40)48/h3-9,20,28,36H,10-19,21-27H2,1-2H3,(H,50,56,57)/t36-,46?,47?/m0/s1. The van der Waals surface area contributed by atoms with E-state index in [0.717, 1.165) is 80.2 Å². The van der Waals surface area contributed by atoms with Gasteiger partial charge in [0.25, 0.3) is 11.5 Å². The lowest BCUT2D eigenvalue weighted by molar-refractivity contribution is -0.224. The molecule has 1 atom stereocenters. The molecule has 13 rings (SSSR count). The molecule has 9 aliphatic rings. The number of benzene rings is 3. The molecule has 1 aromatic heterocycles. The van der Waals surface area contributed by atoms with Crippen molar-refractivity contribution in [2.24, 2.45) is 10.8 Å². The van der Waals surface area contributed by atoms with Gasteiger partial charge in [-0.1, -0.05) is 35.9 Å². The van der Waals surface area contributed by atoms with Crippen molar-refractivity contribution in [2.75, 3.05) is 45.9 Å². The predicted molar refractivity (Wildman–Crippen MR) is 227 cm³/mol. The van der Waals surface area contributed by atoms with Gasteiger partial charge < -0.3 is 19.4 Å². The summed E-state index contributed by atoms with van der Waals surface area (Å²) in [5.41, 5.74) is 7.60. The van der Waals surface area contributed by atoms with Gasteiger partial charge in [-0.3, -0.25) is 29.1 Å². The maximum Gasteiger partial charge on any atom is 0.282 e. The highest BCUT2D eigenvalue weighted by Gasteiger charge is 2.68. The molecule has 2 bridgehead atoms. The van der Waals surface area contributed by atoms with Crippen LogP contribution >= 0.6 is 11.6 Å². The van der Waals surface area contributed by atoms with Crippen molar-refractivity contribution in [1.29, 1.82) is 0 Å². The van der Waals surface area contributed by atoms with Crippen molar-refractivity contribution in [2.45, 2.75) is 101 Å². The third-order valence-electron chi connectivity index (χ3n) is 16.3. The molecule has 0 radical (unpaired) electrons. The van der Waals surface area contributed by atoms with Gasteiger partial charge in [0.15, 0.2) is 0 Å². The van der Waals surface area contributed by atoms with Crippen LogP contribution in [0.2, 0.25) is 5.02 Å². The maximum atomic E-state index is 13.4. The van der Waals surface area contributed by atoms with E-state index in [1.807, 2.05) is 18.2 Å². The first-order valence-corrected chi connectivity index (χ1v) is 22.5. The number of ether oxygens (including phenoxy) is 1. The molecule has 3 aromatic carbocycles. The molecule has 7 heterocycles. The van der Waals surface area contributed by atoms with E-state index in [2.05, 4.69) is 62.8 Å². The summed E-state index contributed by atoms with van der Waals surface area (Å²) in [6, 6.07) is 16.1. The summed E-state index contributed by atoms with van der Waals surface area (Å²) in [6.07, 6.45) is 9.09. The zero-order chi connectivity index (χ0) is 40.9. The van der Waals surface area contributed by atoms with Crippen LogP contribution in [0.15, 0.2) is 53.3 Å². The highest BCUT2D eigenvalue weighted by Crippen LogP contribution is 2.73. The number of carbonyl (C=O) groups excluding carboxylic acids is 3. The fourth-order valence-corrected chi connectivity index (χ4v) is 13.8. The number of halogens is 1. The van der Waals surface area contributed by atoms with E-state index in [1.165, 1.54) is 49.0 Å². The maximum absolute atomic E-state index is 13.4. The van der Waals surface area contributed by atoms with Crippen molar-refractivity contribution in [1.82, 2.24) is 29.6 Å². The third-order valence-corrected chi connectivity index (χ3v) is 16.6. The number of amides is 3. The zero-order valence-electron chi connectivity index (χ0n) is 34.4. The predicted octanol–water partition coefficient (Wildman–Crippen LogP) is 6.22. The van der Waals surface area contributed by atoms with Crippen LogP contribution in [0.3, 0.4) is 0 Å². The van der Waals surface area contributed by atoms with Crippen molar-refractivity contribution in [3.8, 4) is 11.4 Å². The molecule has 4 aromatic rings. The molecule has 310 valence electrons. The number of likely N-dealkylation sites (tertiary alicyclic amines) is 2. The molecule has 3 amide bonds. The smallest absolute Gasteiger partial charge is 0.282 e.